The van der Waals surface area contributed by atoms with Crippen LogP contribution in [0.1, 0.15) is 32.3 Å². The molecule has 0 aliphatic heterocycles. The van der Waals surface area contributed by atoms with Gasteiger partial charge in [-0.25, -0.2) is 9.78 Å². The van der Waals surface area contributed by atoms with E-state index >= 15 is 0 Å². The second-order valence-corrected chi connectivity index (χ2v) is 5.75. The van der Waals surface area contributed by atoms with Crippen LogP contribution in [0.4, 0.5) is 4.79 Å². The maximum atomic E-state index is 11.7. The number of amides is 1. The maximum absolute atomic E-state index is 11.7. The molecule has 1 unspecified atom stereocenters. The Balaban J connectivity index is 2.01. The Morgan fingerprint density at radius 1 is 1.48 bits per heavy atom. The van der Waals surface area contributed by atoms with Crippen molar-refractivity contribution in [3.05, 3.63) is 17.8 Å². The van der Waals surface area contributed by atoms with Crippen molar-refractivity contribution in [3.8, 4) is 0 Å². The lowest BCUT2D eigenvalue weighted by Crippen LogP contribution is -2.36. The number of hydrogen-bond acceptors (Lipinski definition) is 6. The highest BCUT2D eigenvalue weighted by molar-refractivity contribution is 5.69. The number of alkyl carbamates (subject to hydrolysis) is 1. The normalized spacial score (nSPS) is 13.1. The molecular formula is C13H20N6O2. The van der Waals surface area contributed by atoms with E-state index in [0.29, 0.717) is 24.3 Å². The molecule has 1 amide bonds. The van der Waals surface area contributed by atoms with E-state index in [2.05, 4.69) is 25.7 Å². The van der Waals surface area contributed by atoms with Crippen LogP contribution in [0.25, 0.3) is 11.2 Å². The number of nitrogens with two attached hydrogens (primary N) is 1. The number of pyridine rings is 1. The van der Waals surface area contributed by atoms with Gasteiger partial charge in [-0.3, -0.25) is 0 Å². The van der Waals surface area contributed by atoms with Crippen LogP contribution in [0.3, 0.4) is 0 Å². The van der Waals surface area contributed by atoms with E-state index in [9.17, 15) is 4.79 Å². The fraction of sp³-hybridized carbons (Fsp3) is 0.538. The van der Waals surface area contributed by atoms with Gasteiger partial charge in [-0.05, 0) is 32.4 Å². The first kappa shape index (κ1) is 15.2. The van der Waals surface area contributed by atoms with Gasteiger partial charge in [0, 0.05) is 25.2 Å². The number of carbonyl (C=O) groups is 1. The number of nitrogens with zero attached hydrogens (tertiary/aromatic N) is 3. The van der Waals surface area contributed by atoms with Crippen molar-refractivity contribution in [2.45, 2.75) is 32.3 Å². The van der Waals surface area contributed by atoms with E-state index < -0.39 is 11.7 Å². The predicted octanol–water partition coefficient (Wildman–Crippen LogP) is 0.920. The van der Waals surface area contributed by atoms with Crippen LogP contribution in [0.15, 0.2) is 12.3 Å². The first-order valence-corrected chi connectivity index (χ1v) is 6.72. The topological polar surface area (TPSA) is 119 Å². The van der Waals surface area contributed by atoms with Crippen LogP contribution in [0.2, 0.25) is 0 Å². The molecule has 1 atom stereocenters. The number of aromatic nitrogens is 4. The average molecular weight is 292 g/mol. The monoisotopic (exact) mass is 292 g/mol. The summed E-state index contributed by atoms with van der Waals surface area (Å²) in [7, 11) is 0. The van der Waals surface area contributed by atoms with Gasteiger partial charge in [-0.1, -0.05) is 0 Å². The van der Waals surface area contributed by atoms with Gasteiger partial charge in [0.2, 0.25) is 5.65 Å². The number of carbonyl (C=O) groups excluding carboxylic acids is 1. The summed E-state index contributed by atoms with van der Waals surface area (Å²) >= 11 is 0. The summed E-state index contributed by atoms with van der Waals surface area (Å²) in [4.78, 5) is 15.9. The molecule has 2 aromatic heterocycles. The minimum atomic E-state index is -0.524. The quantitative estimate of drug-likeness (QED) is 0.771. The Morgan fingerprint density at radius 3 is 2.90 bits per heavy atom. The Kier molecular flexibility index (Phi) is 4.37. The Hall–Kier alpha value is -2.22. The fourth-order valence-corrected chi connectivity index (χ4v) is 1.84. The first-order chi connectivity index (χ1) is 9.89. The molecule has 0 spiro atoms. The fourth-order valence-electron chi connectivity index (χ4n) is 1.84. The van der Waals surface area contributed by atoms with Gasteiger partial charge in [0.1, 0.15) is 11.1 Å². The number of nitrogens with one attached hydrogen (secondary N) is 2. The number of aromatic amines is 1. The molecular weight excluding hydrogens is 272 g/mol. The van der Waals surface area contributed by atoms with Crippen molar-refractivity contribution < 1.29 is 9.53 Å². The number of hydrogen-bond donors (Lipinski definition) is 3. The van der Waals surface area contributed by atoms with Crippen LogP contribution < -0.4 is 11.1 Å². The van der Waals surface area contributed by atoms with Crippen molar-refractivity contribution in [3.63, 3.8) is 0 Å². The Bertz CT molecular complexity index is 618. The standard InChI is InChI=1S/C13H20N6O2/c1-13(2,3)21-12(20)16-7-9(5-14)8-4-10-11(15-6-8)18-19-17-10/h4,6,9H,5,7,14H2,1-3H3,(H,16,20)(H,15,17,18,19). The van der Waals surface area contributed by atoms with Gasteiger partial charge in [0.05, 0.1) is 0 Å². The van der Waals surface area contributed by atoms with Gasteiger partial charge in [0.25, 0.3) is 0 Å². The second-order valence-electron chi connectivity index (χ2n) is 5.75. The van der Waals surface area contributed by atoms with E-state index in [1.165, 1.54) is 0 Å². The van der Waals surface area contributed by atoms with Crippen LogP contribution in [0.5, 0.6) is 0 Å². The second kappa shape index (κ2) is 6.04. The zero-order valence-corrected chi connectivity index (χ0v) is 12.4. The van der Waals surface area contributed by atoms with Crippen LogP contribution in [-0.4, -0.2) is 45.2 Å². The molecule has 114 valence electrons. The number of fused-ring (bicyclic) bond motifs is 1. The van der Waals surface area contributed by atoms with Gasteiger partial charge in [0.15, 0.2) is 0 Å². The Labute approximate surface area is 122 Å². The van der Waals surface area contributed by atoms with Crippen molar-refractivity contribution >= 4 is 17.3 Å². The number of H-pyrrole nitrogens is 1. The van der Waals surface area contributed by atoms with Crippen molar-refractivity contribution in [2.24, 2.45) is 5.73 Å². The summed E-state index contributed by atoms with van der Waals surface area (Å²) < 4.78 is 5.19. The van der Waals surface area contributed by atoms with Crippen molar-refractivity contribution in [1.82, 2.24) is 25.7 Å². The Morgan fingerprint density at radius 2 is 2.24 bits per heavy atom. The SMILES string of the molecule is CC(C)(C)OC(=O)NCC(CN)c1cnc2n[nH]nc2c1. The summed E-state index contributed by atoms with van der Waals surface area (Å²) in [6.45, 7) is 6.19. The molecule has 2 aromatic rings. The van der Waals surface area contributed by atoms with E-state index in [1.54, 1.807) is 6.20 Å². The zero-order valence-electron chi connectivity index (χ0n) is 12.4. The third-order valence-corrected chi connectivity index (χ3v) is 2.84. The molecule has 0 bridgehead atoms. The van der Waals surface area contributed by atoms with E-state index in [0.717, 1.165) is 5.56 Å². The van der Waals surface area contributed by atoms with E-state index in [1.807, 2.05) is 26.8 Å². The molecule has 2 heterocycles. The summed E-state index contributed by atoms with van der Waals surface area (Å²) in [5.41, 5.74) is 7.37. The summed E-state index contributed by atoms with van der Waals surface area (Å²) in [5.74, 6) is -0.0638. The smallest absolute Gasteiger partial charge is 0.407 e. The molecule has 0 radical (unpaired) electrons. The summed E-state index contributed by atoms with van der Waals surface area (Å²) in [5, 5.41) is 13.1. The lowest BCUT2D eigenvalue weighted by atomic mass is 10.0. The summed E-state index contributed by atoms with van der Waals surface area (Å²) in [6.07, 6.45) is 1.23. The van der Waals surface area contributed by atoms with Gasteiger partial charge in [-0.15, -0.1) is 5.10 Å². The lowest BCUT2D eigenvalue weighted by molar-refractivity contribution is 0.0525. The van der Waals surface area contributed by atoms with Crippen LogP contribution >= 0.6 is 0 Å². The minimum absolute atomic E-state index is 0.0638. The number of ether oxygens (including phenoxy) is 1. The van der Waals surface area contributed by atoms with Crippen LogP contribution in [-0.2, 0) is 4.74 Å². The number of rotatable bonds is 4. The molecule has 2 rings (SSSR count). The van der Waals surface area contributed by atoms with E-state index in [4.69, 9.17) is 10.5 Å². The largest absolute Gasteiger partial charge is 0.444 e. The summed E-state index contributed by atoms with van der Waals surface area (Å²) in [6, 6.07) is 1.86. The molecule has 0 saturated heterocycles. The van der Waals surface area contributed by atoms with Crippen LogP contribution in [0, 0.1) is 0 Å². The highest BCUT2D eigenvalue weighted by Gasteiger charge is 2.18. The molecule has 0 saturated carbocycles. The first-order valence-electron chi connectivity index (χ1n) is 6.72. The predicted molar refractivity (Wildman–Crippen MR) is 77.7 cm³/mol. The lowest BCUT2D eigenvalue weighted by Gasteiger charge is -2.21. The van der Waals surface area contributed by atoms with E-state index in [-0.39, 0.29) is 5.92 Å². The average Bonchev–Trinajstić information content (AvgIpc) is 2.84. The maximum Gasteiger partial charge on any atom is 0.407 e. The van der Waals surface area contributed by atoms with Gasteiger partial charge in [-0.2, -0.15) is 10.3 Å². The highest BCUT2D eigenvalue weighted by atomic mass is 16.6. The molecule has 21 heavy (non-hydrogen) atoms. The minimum Gasteiger partial charge on any atom is -0.444 e. The highest BCUT2D eigenvalue weighted by Crippen LogP contribution is 2.16. The third kappa shape index (κ3) is 4.12. The van der Waals surface area contributed by atoms with Crippen molar-refractivity contribution in [1.29, 1.82) is 0 Å². The molecule has 0 aliphatic rings. The zero-order chi connectivity index (χ0) is 15.5. The van der Waals surface area contributed by atoms with Gasteiger partial charge >= 0.3 is 6.09 Å². The molecule has 8 heteroatoms. The molecule has 8 nitrogen and oxygen atoms in total. The molecule has 0 fully saturated rings. The van der Waals surface area contributed by atoms with Gasteiger partial charge < -0.3 is 15.8 Å². The molecule has 0 aliphatic carbocycles. The third-order valence-electron chi connectivity index (χ3n) is 2.84. The molecule has 0 aromatic carbocycles. The molecule has 4 N–H and O–H groups in total. The van der Waals surface area contributed by atoms with Crippen molar-refractivity contribution in [2.75, 3.05) is 13.1 Å².